The Bertz CT molecular complexity index is 161. The van der Waals surface area contributed by atoms with Gasteiger partial charge in [-0.25, -0.2) is 4.79 Å². The van der Waals surface area contributed by atoms with Gasteiger partial charge in [0, 0.05) is 12.0 Å². The van der Waals surface area contributed by atoms with Crippen molar-refractivity contribution in [1.29, 1.82) is 0 Å². The topological polar surface area (TPSA) is 43.4 Å². The first-order chi connectivity index (χ1) is 5.18. The van der Waals surface area contributed by atoms with Crippen molar-refractivity contribution in [3.05, 3.63) is 12.2 Å². The van der Waals surface area contributed by atoms with Gasteiger partial charge in [-0.15, -0.1) is 0 Å². The second-order valence-corrected chi connectivity index (χ2v) is 2.16. The fraction of sp³-hybridized carbons (Fsp3) is 0.500. The van der Waals surface area contributed by atoms with Gasteiger partial charge in [0.1, 0.15) is 0 Å². The minimum absolute atomic E-state index is 0.265. The van der Waals surface area contributed by atoms with Crippen LogP contribution in [0.3, 0.4) is 0 Å². The highest BCUT2D eigenvalue weighted by Gasteiger charge is 2.00. The molecule has 0 amide bonds. The molecule has 0 aliphatic rings. The zero-order valence-corrected chi connectivity index (χ0v) is 6.55. The van der Waals surface area contributed by atoms with Crippen molar-refractivity contribution in [1.82, 2.24) is 0 Å². The van der Waals surface area contributed by atoms with Crippen LogP contribution in [0.15, 0.2) is 12.2 Å². The molecule has 61 valence electrons. The van der Waals surface area contributed by atoms with Gasteiger partial charge in [-0.3, -0.25) is 4.79 Å². The Hall–Kier alpha value is -1.12. The van der Waals surface area contributed by atoms with E-state index in [1.54, 1.807) is 13.2 Å². The molecule has 0 heterocycles. The second kappa shape index (κ2) is 5.65. The molecule has 3 nitrogen and oxygen atoms in total. The van der Waals surface area contributed by atoms with E-state index in [9.17, 15) is 9.59 Å². The summed E-state index contributed by atoms with van der Waals surface area (Å²) in [7, 11) is 0. The standard InChI is InChI=1S/C8H11O3/c1-7(2)8(10)11-6-4-3-5-9/h1,3-4,6H2,2H3. The SMILES string of the molecule is C=C(C)C(=O)OCCC[C]=O. The molecule has 1 radical (unpaired) electrons. The van der Waals surface area contributed by atoms with E-state index < -0.39 is 5.97 Å². The number of ether oxygens (including phenoxy) is 1. The lowest BCUT2D eigenvalue weighted by Crippen LogP contribution is -2.06. The third-order valence-corrected chi connectivity index (χ3v) is 1.00. The van der Waals surface area contributed by atoms with Crippen LogP contribution >= 0.6 is 0 Å². The molecule has 0 atom stereocenters. The highest BCUT2D eigenvalue weighted by Crippen LogP contribution is 1.94. The average molecular weight is 155 g/mol. The van der Waals surface area contributed by atoms with E-state index in [0.717, 1.165) is 0 Å². The molecule has 0 rings (SSSR count). The van der Waals surface area contributed by atoms with Crippen molar-refractivity contribution in [3.63, 3.8) is 0 Å². The van der Waals surface area contributed by atoms with Crippen LogP contribution in [0.25, 0.3) is 0 Å². The molecule has 0 fully saturated rings. The van der Waals surface area contributed by atoms with Crippen molar-refractivity contribution in [3.8, 4) is 0 Å². The Balaban J connectivity index is 3.31. The number of esters is 1. The Morgan fingerprint density at radius 3 is 2.73 bits per heavy atom. The number of unbranched alkanes of at least 4 members (excludes halogenated alkanes) is 1. The van der Waals surface area contributed by atoms with E-state index in [0.29, 0.717) is 18.4 Å². The molecule has 3 heteroatoms. The van der Waals surface area contributed by atoms with Gasteiger partial charge in [-0.1, -0.05) is 6.58 Å². The molecule has 0 unspecified atom stereocenters. The Morgan fingerprint density at radius 2 is 2.27 bits per heavy atom. The number of rotatable bonds is 5. The molecule has 0 aromatic heterocycles. The third kappa shape index (κ3) is 5.33. The Morgan fingerprint density at radius 1 is 1.64 bits per heavy atom. The van der Waals surface area contributed by atoms with Crippen LogP contribution < -0.4 is 0 Å². The lowest BCUT2D eigenvalue weighted by atomic mass is 10.3. The van der Waals surface area contributed by atoms with Crippen LogP contribution in [-0.2, 0) is 14.3 Å². The van der Waals surface area contributed by atoms with Crippen LogP contribution in [0, 0.1) is 0 Å². The van der Waals surface area contributed by atoms with Gasteiger partial charge in [0.15, 0.2) is 6.29 Å². The van der Waals surface area contributed by atoms with E-state index in [-0.39, 0.29) is 6.61 Å². The summed E-state index contributed by atoms with van der Waals surface area (Å²) < 4.78 is 4.69. The molecule has 0 N–H and O–H groups in total. The maximum Gasteiger partial charge on any atom is 0.333 e. The van der Waals surface area contributed by atoms with E-state index in [2.05, 4.69) is 11.3 Å². The minimum Gasteiger partial charge on any atom is -0.462 e. The van der Waals surface area contributed by atoms with Crippen molar-refractivity contribution in [2.45, 2.75) is 19.8 Å². The van der Waals surface area contributed by atoms with Gasteiger partial charge >= 0.3 is 5.97 Å². The van der Waals surface area contributed by atoms with Crippen LogP contribution in [0.5, 0.6) is 0 Å². The summed E-state index contributed by atoms with van der Waals surface area (Å²) in [5.41, 5.74) is 0.375. The highest BCUT2D eigenvalue weighted by molar-refractivity contribution is 5.86. The predicted octanol–water partition coefficient (Wildman–Crippen LogP) is 0.996. The molecule has 0 spiro atoms. The fourth-order valence-electron chi connectivity index (χ4n) is 0.432. The molecule has 0 aromatic rings. The third-order valence-electron chi connectivity index (χ3n) is 1.00. The van der Waals surface area contributed by atoms with Crippen LogP contribution in [0.1, 0.15) is 19.8 Å². The van der Waals surface area contributed by atoms with Crippen molar-refractivity contribution >= 4 is 12.3 Å². The summed E-state index contributed by atoms with van der Waals surface area (Å²) in [6.07, 6.45) is 2.55. The van der Waals surface area contributed by atoms with E-state index in [4.69, 9.17) is 0 Å². The van der Waals surface area contributed by atoms with E-state index in [1.165, 1.54) is 0 Å². The van der Waals surface area contributed by atoms with Gasteiger partial charge in [-0.2, -0.15) is 0 Å². The zero-order valence-electron chi connectivity index (χ0n) is 6.55. The largest absolute Gasteiger partial charge is 0.462 e. The Kier molecular flexibility index (Phi) is 5.07. The molecule has 0 aromatic carbocycles. The summed E-state index contributed by atoms with van der Waals surface area (Å²) in [6, 6.07) is 0. The predicted molar refractivity (Wildman–Crippen MR) is 40.7 cm³/mol. The number of hydrogen-bond donors (Lipinski definition) is 0. The Labute approximate surface area is 66.0 Å². The van der Waals surface area contributed by atoms with Crippen LogP contribution in [-0.4, -0.2) is 18.9 Å². The van der Waals surface area contributed by atoms with Gasteiger partial charge in [0.25, 0.3) is 0 Å². The number of carbonyl (C=O) groups is 1. The molecule has 0 bridgehead atoms. The normalized spacial score (nSPS) is 8.82. The molecule has 0 aliphatic heterocycles. The molecule has 0 saturated carbocycles. The molecule has 0 aliphatic carbocycles. The summed E-state index contributed by atoms with van der Waals surface area (Å²) >= 11 is 0. The smallest absolute Gasteiger partial charge is 0.333 e. The lowest BCUT2D eigenvalue weighted by Gasteiger charge is -2.00. The van der Waals surface area contributed by atoms with Crippen LogP contribution in [0.2, 0.25) is 0 Å². The van der Waals surface area contributed by atoms with E-state index in [1.807, 2.05) is 0 Å². The fourth-order valence-corrected chi connectivity index (χ4v) is 0.432. The zero-order chi connectivity index (χ0) is 8.69. The minimum atomic E-state index is -0.407. The van der Waals surface area contributed by atoms with Crippen molar-refractivity contribution in [2.75, 3.05) is 6.61 Å². The second-order valence-electron chi connectivity index (χ2n) is 2.16. The maximum absolute atomic E-state index is 10.7. The summed E-state index contributed by atoms with van der Waals surface area (Å²) in [5, 5.41) is 0. The first-order valence-corrected chi connectivity index (χ1v) is 3.36. The quantitative estimate of drug-likeness (QED) is 0.338. The molecular weight excluding hydrogens is 144 g/mol. The average Bonchev–Trinajstić information content (AvgIpc) is 1.97. The van der Waals surface area contributed by atoms with Crippen LogP contribution in [0.4, 0.5) is 0 Å². The summed E-state index contributed by atoms with van der Waals surface area (Å²) in [4.78, 5) is 20.4. The van der Waals surface area contributed by atoms with Crippen molar-refractivity contribution < 1.29 is 14.3 Å². The molecular formula is C8H11O3. The maximum atomic E-state index is 10.7. The highest BCUT2D eigenvalue weighted by atomic mass is 16.5. The van der Waals surface area contributed by atoms with Gasteiger partial charge in [0.2, 0.25) is 0 Å². The number of carbonyl (C=O) groups excluding carboxylic acids is 2. The summed E-state index contributed by atoms with van der Waals surface area (Å²) in [5.74, 6) is -0.407. The monoisotopic (exact) mass is 155 g/mol. The first kappa shape index (κ1) is 9.88. The van der Waals surface area contributed by atoms with Gasteiger partial charge in [-0.05, 0) is 13.3 Å². The molecule has 11 heavy (non-hydrogen) atoms. The first-order valence-electron chi connectivity index (χ1n) is 3.36. The lowest BCUT2D eigenvalue weighted by molar-refractivity contribution is -0.138. The number of hydrogen-bond acceptors (Lipinski definition) is 3. The van der Waals surface area contributed by atoms with E-state index >= 15 is 0 Å². The van der Waals surface area contributed by atoms with Crippen molar-refractivity contribution in [2.24, 2.45) is 0 Å². The summed E-state index contributed by atoms with van der Waals surface area (Å²) in [6.45, 7) is 5.24. The van der Waals surface area contributed by atoms with Gasteiger partial charge in [0.05, 0.1) is 6.61 Å². The molecule has 0 saturated heterocycles. The van der Waals surface area contributed by atoms with Gasteiger partial charge < -0.3 is 4.74 Å².